The molecular formula is C14H30N2O. The van der Waals surface area contributed by atoms with Gasteiger partial charge in [0.05, 0.1) is 6.61 Å². The van der Waals surface area contributed by atoms with Crippen molar-refractivity contribution in [3.8, 4) is 0 Å². The van der Waals surface area contributed by atoms with Crippen molar-refractivity contribution in [1.82, 2.24) is 10.2 Å². The quantitative estimate of drug-likeness (QED) is 0.740. The van der Waals surface area contributed by atoms with Gasteiger partial charge in [0.25, 0.3) is 0 Å². The molecule has 0 saturated carbocycles. The van der Waals surface area contributed by atoms with Crippen molar-refractivity contribution in [3.05, 3.63) is 0 Å². The first-order chi connectivity index (χ1) is 8.26. The second-order valence-electron chi connectivity index (χ2n) is 5.44. The van der Waals surface area contributed by atoms with Gasteiger partial charge in [-0.3, -0.25) is 0 Å². The van der Waals surface area contributed by atoms with Gasteiger partial charge in [0.2, 0.25) is 0 Å². The van der Waals surface area contributed by atoms with E-state index in [2.05, 4.69) is 24.1 Å². The van der Waals surface area contributed by atoms with Gasteiger partial charge in [-0.25, -0.2) is 0 Å². The number of hydrogen-bond acceptors (Lipinski definition) is 3. The molecule has 2 atom stereocenters. The third-order valence-electron chi connectivity index (χ3n) is 3.64. The van der Waals surface area contributed by atoms with E-state index in [0.717, 1.165) is 25.6 Å². The zero-order valence-electron chi connectivity index (χ0n) is 11.9. The first-order valence-corrected chi connectivity index (χ1v) is 7.21. The van der Waals surface area contributed by atoms with E-state index in [1.54, 1.807) is 7.11 Å². The van der Waals surface area contributed by atoms with Crippen molar-refractivity contribution in [2.75, 3.05) is 39.9 Å². The molecule has 0 aromatic carbocycles. The summed E-state index contributed by atoms with van der Waals surface area (Å²) in [5.41, 5.74) is 0. The highest BCUT2D eigenvalue weighted by atomic mass is 16.5. The van der Waals surface area contributed by atoms with Crippen LogP contribution in [0.25, 0.3) is 0 Å². The molecule has 1 rings (SSSR count). The molecule has 1 N–H and O–H groups in total. The lowest BCUT2D eigenvalue weighted by molar-refractivity contribution is 0.138. The smallest absolute Gasteiger partial charge is 0.0628 e. The molecular weight excluding hydrogens is 212 g/mol. The van der Waals surface area contributed by atoms with Crippen molar-refractivity contribution >= 4 is 0 Å². The van der Waals surface area contributed by atoms with Gasteiger partial charge in [0, 0.05) is 19.7 Å². The number of rotatable bonds is 7. The van der Waals surface area contributed by atoms with Gasteiger partial charge in [-0.05, 0) is 51.2 Å². The molecule has 0 aliphatic carbocycles. The number of ether oxygens (including phenoxy) is 1. The van der Waals surface area contributed by atoms with Crippen LogP contribution in [0, 0.1) is 5.92 Å². The van der Waals surface area contributed by atoms with Crippen LogP contribution in [0.15, 0.2) is 0 Å². The monoisotopic (exact) mass is 242 g/mol. The normalized spacial score (nSPS) is 24.5. The lowest BCUT2D eigenvalue weighted by Crippen LogP contribution is -2.44. The van der Waals surface area contributed by atoms with Gasteiger partial charge in [-0.1, -0.05) is 13.8 Å². The van der Waals surface area contributed by atoms with Crippen LogP contribution in [-0.2, 0) is 4.74 Å². The summed E-state index contributed by atoms with van der Waals surface area (Å²) < 4.78 is 5.31. The van der Waals surface area contributed by atoms with E-state index in [0.29, 0.717) is 6.04 Å². The molecule has 0 bridgehead atoms. The lowest BCUT2D eigenvalue weighted by atomic mass is 10.0. The Bertz CT molecular complexity index is 185. The lowest BCUT2D eigenvalue weighted by Gasteiger charge is -2.26. The van der Waals surface area contributed by atoms with Crippen LogP contribution < -0.4 is 5.32 Å². The van der Waals surface area contributed by atoms with Crippen LogP contribution in [0.5, 0.6) is 0 Å². The average molecular weight is 242 g/mol. The third kappa shape index (κ3) is 6.39. The molecule has 1 heterocycles. The minimum Gasteiger partial charge on any atom is -0.383 e. The number of likely N-dealkylation sites (tertiary alicyclic amines) is 1. The summed E-state index contributed by atoms with van der Waals surface area (Å²) in [6, 6.07) is 0.494. The predicted octanol–water partition coefficient (Wildman–Crippen LogP) is 2.12. The van der Waals surface area contributed by atoms with Crippen LogP contribution in [0.4, 0.5) is 0 Å². The molecule has 3 heteroatoms. The highest BCUT2D eigenvalue weighted by molar-refractivity contribution is 4.74. The Kier molecular flexibility index (Phi) is 7.82. The van der Waals surface area contributed by atoms with Crippen LogP contribution in [0.1, 0.15) is 39.5 Å². The summed E-state index contributed by atoms with van der Waals surface area (Å²) in [4.78, 5) is 2.61. The summed E-state index contributed by atoms with van der Waals surface area (Å²) in [5, 5.41) is 3.58. The average Bonchev–Trinajstić information content (AvgIpc) is 2.52. The Labute approximate surface area is 107 Å². The van der Waals surface area contributed by atoms with Crippen molar-refractivity contribution < 1.29 is 4.74 Å². The fraction of sp³-hybridized carbons (Fsp3) is 1.00. The van der Waals surface area contributed by atoms with E-state index in [9.17, 15) is 0 Å². The second kappa shape index (κ2) is 8.90. The molecule has 0 aromatic heterocycles. The minimum absolute atomic E-state index is 0.494. The summed E-state index contributed by atoms with van der Waals surface area (Å²) in [7, 11) is 1.80. The molecule has 3 nitrogen and oxygen atoms in total. The minimum atomic E-state index is 0.494. The van der Waals surface area contributed by atoms with E-state index in [4.69, 9.17) is 4.74 Å². The first kappa shape index (κ1) is 14.9. The Morgan fingerprint density at radius 3 is 2.88 bits per heavy atom. The Hall–Kier alpha value is -0.120. The third-order valence-corrected chi connectivity index (χ3v) is 3.64. The van der Waals surface area contributed by atoms with Gasteiger partial charge in [0.15, 0.2) is 0 Å². The van der Waals surface area contributed by atoms with E-state index >= 15 is 0 Å². The maximum absolute atomic E-state index is 5.31. The molecule has 1 aliphatic rings. The highest BCUT2D eigenvalue weighted by Gasteiger charge is 2.17. The molecule has 0 aromatic rings. The van der Waals surface area contributed by atoms with Gasteiger partial charge in [-0.15, -0.1) is 0 Å². The van der Waals surface area contributed by atoms with Crippen LogP contribution in [0.3, 0.4) is 0 Å². The van der Waals surface area contributed by atoms with Crippen LogP contribution in [0.2, 0.25) is 0 Å². The molecule has 0 amide bonds. The standard InChI is InChI=1S/C14H30N2O/c1-4-8-15-14(12-17-3)11-16-9-5-6-13(2)7-10-16/h13-15H,4-12H2,1-3H3. The van der Waals surface area contributed by atoms with Crippen molar-refractivity contribution in [1.29, 1.82) is 0 Å². The van der Waals surface area contributed by atoms with Gasteiger partial charge >= 0.3 is 0 Å². The van der Waals surface area contributed by atoms with Gasteiger partial charge in [-0.2, -0.15) is 0 Å². The van der Waals surface area contributed by atoms with E-state index in [-0.39, 0.29) is 0 Å². The Morgan fingerprint density at radius 2 is 2.18 bits per heavy atom. The van der Waals surface area contributed by atoms with Gasteiger partial charge in [0.1, 0.15) is 0 Å². The molecule has 17 heavy (non-hydrogen) atoms. The number of hydrogen-bond donors (Lipinski definition) is 1. The SMILES string of the molecule is CCCNC(COC)CN1CCCC(C)CC1. The fourth-order valence-electron chi connectivity index (χ4n) is 2.54. The molecule has 1 aliphatic heterocycles. The van der Waals surface area contributed by atoms with Crippen molar-refractivity contribution in [2.45, 2.75) is 45.6 Å². The maximum Gasteiger partial charge on any atom is 0.0628 e. The summed E-state index contributed by atoms with van der Waals surface area (Å²) in [6.07, 6.45) is 5.30. The second-order valence-corrected chi connectivity index (χ2v) is 5.44. The van der Waals surface area contributed by atoms with Gasteiger partial charge < -0.3 is 15.0 Å². The highest BCUT2D eigenvalue weighted by Crippen LogP contribution is 2.16. The molecule has 0 spiro atoms. The van der Waals surface area contributed by atoms with E-state index in [1.165, 1.54) is 38.8 Å². The van der Waals surface area contributed by atoms with E-state index in [1.807, 2.05) is 0 Å². The number of nitrogens with zero attached hydrogens (tertiary/aromatic N) is 1. The van der Waals surface area contributed by atoms with Crippen molar-refractivity contribution in [2.24, 2.45) is 5.92 Å². The molecule has 102 valence electrons. The number of methoxy groups -OCH3 is 1. The zero-order chi connectivity index (χ0) is 12.5. The first-order valence-electron chi connectivity index (χ1n) is 7.21. The molecule has 0 radical (unpaired) electrons. The van der Waals surface area contributed by atoms with E-state index < -0.39 is 0 Å². The molecule has 1 fully saturated rings. The maximum atomic E-state index is 5.31. The molecule has 1 saturated heterocycles. The fourth-order valence-corrected chi connectivity index (χ4v) is 2.54. The topological polar surface area (TPSA) is 24.5 Å². The zero-order valence-corrected chi connectivity index (χ0v) is 11.9. The predicted molar refractivity (Wildman–Crippen MR) is 73.4 cm³/mol. The largest absolute Gasteiger partial charge is 0.383 e. The summed E-state index contributed by atoms with van der Waals surface area (Å²) in [6.45, 7) is 10.2. The Morgan fingerprint density at radius 1 is 1.35 bits per heavy atom. The van der Waals surface area contributed by atoms with Crippen LogP contribution >= 0.6 is 0 Å². The van der Waals surface area contributed by atoms with Crippen molar-refractivity contribution in [3.63, 3.8) is 0 Å². The number of nitrogens with one attached hydrogen (secondary N) is 1. The van der Waals surface area contributed by atoms with Crippen LogP contribution in [-0.4, -0.2) is 50.8 Å². The Balaban J connectivity index is 2.31. The summed E-state index contributed by atoms with van der Waals surface area (Å²) in [5.74, 6) is 0.907. The summed E-state index contributed by atoms with van der Waals surface area (Å²) >= 11 is 0. The molecule has 2 unspecified atom stereocenters.